The first-order valence-electron chi connectivity index (χ1n) is 8.73. The molecule has 0 spiro atoms. The average molecular weight is 350 g/mol. The summed E-state index contributed by atoms with van der Waals surface area (Å²) in [7, 11) is 3.32. The lowest BCUT2D eigenvalue weighted by atomic mass is 10.0. The third-order valence-electron chi connectivity index (χ3n) is 5.06. The van der Waals surface area contributed by atoms with Gasteiger partial charge in [-0.3, -0.25) is 0 Å². The minimum Gasteiger partial charge on any atom is -0.497 e. The highest BCUT2D eigenvalue weighted by Gasteiger charge is 2.27. The van der Waals surface area contributed by atoms with Crippen LogP contribution in [0.2, 0.25) is 0 Å². The summed E-state index contributed by atoms with van der Waals surface area (Å²) in [6.45, 7) is 4.57. The molecule has 0 unspecified atom stereocenters. The zero-order valence-corrected chi connectivity index (χ0v) is 15.4. The van der Waals surface area contributed by atoms with Gasteiger partial charge in [0.25, 0.3) is 0 Å². The Morgan fingerprint density at radius 2 is 1.79 bits per heavy atom. The van der Waals surface area contributed by atoms with E-state index in [0.717, 1.165) is 41.4 Å². The van der Waals surface area contributed by atoms with E-state index in [-0.39, 0.29) is 0 Å². The van der Waals surface area contributed by atoms with Crippen LogP contribution in [-0.4, -0.2) is 61.4 Å². The number of benzene rings is 1. The number of hydrogen-bond donors (Lipinski definition) is 1. The van der Waals surface area contributed by atoms with Gasteiger partial charge in [-0.25, -0.2) is 0 Å². The molecule has 0 aromatic heterocycles. The van der Waals surface area contributed by atoms with Crippen LogP contribution in [0.4, 0.5) is 5.69 Å². The van der Waals surface area contributed by atoms with E-state index in [0.29, 0.717) is 0 Å². The number of methoxy groups -OCH3 is 2. The number of likely N-dealkylation sites (tertiary alicyclic amines) is 2. The van der Waals surface area contributed by atoms with Crippen LogP contribution in [0.3, 0.4) is 0 Å². The summed E-state index contributed by atoms with van der Waals surface area (Å²) in [6.07, 6.45) is 5.10. The van der Waals surface area contributed by atoms with Crippen LogP contribution >= 0.6 is 12.2 Å². The number of hydrogen-bond acceptors (Lipinski definition) is 4. The van der Waals surface area contributed by atoms with Crippen molar-refractivity contribution in [2.75, 3.05) is 45.7 Å². The first kappa shape index (κ1) is 17.3. The van der Waals surface area contributed by atoms with Crippen molar-refractivity contribution in [3.05, 3.63) is 18.2 Å². The van der Waals surface area contributed by atoms with Crippen LogP contribution in [0.1, 0.15) is 25.7 Å². The molecule has 2 aliphatic rings. The molecule has 2 heterocycles. The molecule has 0 amide bonds. The lowest BCUT2D eigenvalue weighted by Gasteiger charge is -2.37. The van der Waals surface area contributed by atoms with Gasteiger partial charge in [-0.1, -0.05) is 0 Å². The van der Waals surface area contributed by atoms with E-state index in [9.17, 15) is 0 Å². The molecule has 3 rings (SSSR count). The minimum atomic E-state index is 0.734. The number of ether oxygens (including phenoxy) is 2. The van der Waals surface area contributed by atoms with Crippen molar-refractivity contribution >= 4 is 23.0 Å². The first-order chi connectivity index (χ1) is 11.7. The van der Waals surface area contributed by atoms with Gasteiger partial charge in [0.2, 0.25) is 0 Å². The summed E-state index contributed by atoms with van der Waals surface area (Å²) in [5.74, 6) is 1.55. The second-order valence-corrected chi connectivity index (χ2v) is 6.84. The molecule has 0 radical (unpaired) electrons. The third kappa shape index (κ3) is 3.92. The van der Waals surface area contributed by atoms with Crippen LogP contribution < -0.4 is 14.8 Å². The van der Waals surface area contributed by atoms with E-state index in [4.69, 9.17) is 21.7 Å². The van der Waals surface area contributed by atoms with Gasteiger partial charge in [0.15, 0.2) is 5.11 Å². The fourth-order valence-electron chi connectivity index (χ4n) is 3.65. The van der Waals surface area contributed by atoms with Crippen molar-refractivity contribution in [3.63, 3.8) is 0 Å². The molecule has 6 heteroatoms. The molecule has 0 aliphatic carbocycles. The predicted octanol–water partition coefficient (Wildman–Crippen LogP) is 2.96. The zero-order chi connectivity index (χ0) is 16.9. The first-order valence-corrected chi connectivity index (χ1v) is 9.14. The van der Waals surface area contributed by atoms with Gasteiger partial charge < -0.3 is 24.6 Å². The monoisotopic (exact) mass is 349 g/mol. The molecule has 5 nitrogen and oxygen atoms in total. The van der Waals surface area contributed by atoms with Gasteiger partial charge >= 0.3 is 0 Å². The van der Waals surface area contributed by atoms with Gasteiger partial charge in [-0.2, -0.15) is 0 Å². The minimum absolute atomic E-state index is 0.734. The fourth-order valence-corrected chi connectivity index (χ4v) is 3.94. The molecule has 1 N–H and O–H groups in total. The topological polar surface area (TPSA) is 37.0 Å². The van der Waals surface area contributed by atoms with Gasteiger partial charge in [0.05, 0.1) is 19.9 Å². The second-order valence-electron chi connectivity index (χ2n) is 6.46. The Balaban J connectivity index is 1.57. The molecule has 2 fully saturated rings. The molecule has 0 atom stereocenters. The van der Waals surface area contributed by atoms with Crippen LogP contribution in [0.15, 0.2) is 18.2 Å². The van der Waals surface area contributed by atoms with E-state index in [2.05, 4.69) is 15.1 Å². The fraction of sp³-hybridized carbons (Fsp3) is 0.611. The van der Waals surface area contributed by atoms with E-state index in [1.54, 1.807) is 14.2 Å². The van der Waals surface area contributed by atoms with Gasteiger partial charge in [0, 0.05) is 25.2 Å². The number of thiocarbonyl (C=S) groups is 1. The SMILES string of the molecule is COc1ccc(OC)c(NC(=S)N2CCC(N3CCCC3)CC2)c1. The maximum absolute atomic E-state index is 5.62. The van der Waals surface area contributed by atoms with Crippen molar-refractivity contribution in [1.82, 2.24) is 9.80 Å². The van der Waals surface area contributed by atoms with E-state index in [1.807, 2.05) is 18.2 Å². The molecule has 24 heavy (non-hydrogen) atoms. The Labute approximate surface area is 149 Å². The van der Waals surface area contributed by atoms with Crippen LogP contribution in [0.5, 0.6) is 11.5 Å². The van der Waals surface area contributed by atoms with Gasteiger partial charge in [0.1, 0.15) is 11.5 Å². The summed E-state index contributed by atoms with van der Waals surface area (Å²) in [6, 6.07) is 6.43. The van der Waals surface area contributed by atoms with Crippen molar-refractivity contribution < 1.29 is 9.47 Å². The molecule has 132 valence electrons. The Morgan fingerprint density at radius 3 is 2.42 bits per heavy atom. The molecular formula is C18H27N3O2S. The lowest BCUT2D eigenvalue weighted by molar-refractivity contribution is 0.164. The highest BCUT2D eigenvalue weighted by atomic mass is 32.1. The molecule has 0 bridgehead atoms. The maximum Gasteiger partial charge on any atom is 0.173 e. The highest BCUT2D eigenvalue weighted by Crippen LogP contribution is 2.29. The number of nitrogens with one attached hydrogen (secondary N) is 1. The molecule has 0 saturated carbocycles. The Morgan fingerprint density at radius 1 is 1.08 bits per heavy atom. The Bertz CT molecular complexity index is 567. The highest BCUT2D eigenvalue weighted by molar-refractivity contribution is 7.80. The van der Waals surface area contributed by atoms with E-state index >= 15 is 0 Å². The predicted molar refractivity (Wildman–Crippen MR) is 101 cm³/mol. The lowest BCUT2D eigenvalue weighted by Crippen LogP contribution is -2.47. The van der Waals surface area contributed by atoms with E-state index < -0.39 is 0 Å². The molecule has 2 aliphatic heterocycles. The number of anilines is 1. The standard InChI is InChI=1S/C18H27N3O2S/c1-22-15-5-6-17(23-2)16(13-15)19-18(24)21-11-7-14(8-12-21)20-9-3-4-10-20/h5-6,13-14H,3-4,7-12H2,1-2H3,(H,19,24). The Hall–Kier alpha value is -1.53. The number of nitrogens with zero attached hydrogens (tertiary/aromatic N) is 2. The normalized spacial score (nSPS) is 19.3. The Kier molecular flexibility index (Phi) is 5.79. The average Bonchev–Trinajstić information content (AvgIpc) is 3.16. The smallest absolute Gasteiger partial charge is 0.173 e. The summed E-state index contributed by atoms with van der Waals surface area (Å²) < 4.78 is 10.7. The van der Waals surface area contributed by atoms with E-state index in [1.165, 1.54) is 38.8 Å². The zero-order valence-electron chi connectivity index (χ0n) is 14.6. The van der Waals surface area contributed by atoms with Gasteiger partial charge in [-0.05, 0) is 63.1 Å². The second kappa shape index (κ2) is 8.03. The van der Waals surface area contributed by atoms with Crippen molar-refractivity contribution in [2.45, 2.75) is 31.7 Å². The molecule has 2 saturated heterocycles. The van der Waals surface area contributed by atoms with Crippen molar-refractivity contribution in [1.29, 1.82) is 0 Å². The van der Waals surface area contributed by atoms with Gasteiger partial charge in [-0.15, -0.1) is 0 Å². The molecule has 1 aromatic carbocycles. The third-order valence-corrected chi connectivity index (χ3v) is 5.42. The number of piperidine rings is 1. The largest absolute Gasteiger partial charge is 0.497 e. The summed E-state index contributed by atoms with van der Waals surface area (Å²) in [4.78, 5) is 4.92. The molecular weight excluding hydrogens is 322 g/mol. The van der Waals surface area contributed by atoms with Crippen LogP contribution in [-0.2, 0) is 0 Å². The van der Waals surface area contributed by atoms with Crippen molar-refractivity contribution in [3.8, 4) is 11.5 Å². The molecule has 1 aromatic rings. The van der Waals surface area contributed by atoms with Crippen molar-refractivity contribution in [2.24, 2.45) is 0 Å². The summed E-state index contributed by atoms with van der Waals surface area (Å²) >= 11 is 5.62. The quantitative estimate of drug-likeness (QED) is 0.843. The number of rotatable bonds is 4. The summed E-state index contributed by atoms with van der Waals surface area (Å²) in [5, 5.41) is 4.09. The van der Waals surface area contributed by atoms with Crippen LogP contribution in [0.25, 0.3) is 0 Å². The summed E-state index contributed by atoms with van der Waals surface area (Å²) in [5.41, 5.74) is 0.850. The maximum atomic E-state index is 5.62. The van der Waals surface area contributed by atoms with Crippen LogP contribution in [0, 0.1) is 0 Å².